The number of hydrogen-bond acceptors (Lipinski definition) is 3. The topological polar surface area (TPSA) is 66.1 Å². The zero-order valence-corrected chi connectivity index (χ0v) is 15.6. The number of rotatable bonds is 6. The molecule has 2 heterocycles. The molecule has 0 radical (unpaired) electrons. The van der Waals surface area contributed by atoms with Gasteiger partial charge in [-0.15, -0.1) is 0 Å². The van der Waals surface area contributed by atoms with Crippen molar-refractivity contribution in [3.63, 3.8) is 0 Å². The lowest BCUT2D eigenvalue weighted by molar-refractivity contribution is -0.136. The van der Waals surface area contributed by atoms with E-state index in [4.69, 9.17) is 0 Å². The molecule has 1 amide bonds. The maximum atomic E-state index is 12.8. The first kappa shape index (κ1) is 18.4. The minimum Gasteiger partial charge on any atom is -0.337 e. The summed E-state index contributed by atoms with van der Waals surface area (Å²) < 4.78 is 0. The van der Waals surface area contributed by atoms with E-state index in [0.29, 0.717) is 30.9 Å². The van der Waals surface area contributed by atoms with E-state index in [-0.39, 0.29) is 17.4 Å². The maximum absolute atomic E-state index is 12.8. The van der Waals surface area contributed by atoms with Crippen molar-refractivity contribution in [3.05, 3.63) is 51.9 Å². The van der Waals surface area contributed by atoms with Crippen LogP contribution in [-0.2, 0) is 17.8 Å². The molecule has 1 aromatic carbocycles. The number of H-pyrrole nitrogens is 1. The monoisotopic (exact) mass is 353 g/mol. The standard InChI is InChI=1S/C21H27N3O2/c1-3-5-9-15(4-2)21(26)24-13-12-18-17(14-24)20(25)23-19(22-18)16-10-7-6-8-11-16/h6-8,10-11,15H,3-5,9,12-14H2,1-2H3,(H,22,23,25). The molecule has 1 unspecified atom stereocenters. The summed E-state index contributed by atoms with van der Waals surface area (Å²) in [7, 11) is 0. The van der Waals surface area contributed by atoms with Gasteiger partial charge in [0.15, 0.2) is 0 Å². The van der Waals surface area contributed by atoms with Gasteiger partial charge in [-0.3, -0.25) is 9.59 Å². The second-order valence-electron chi connectivity index (χ2n) is 6.96. The number of nitrogens with zero attached hydrogens (tertiary/aromatic N) is 2. The molecule has 0 spiro atoms. The second kappa shape index (κ2) is 8.30. The summed E-state index contributed by atoms with van der Waals surface area (Å²) in [5, 5.41) is 0. The third kappa shape index (κ3) is 3.87. The molecule has 1 aliphatic heterocycles. The molecule has 0 saturated carbocycles. The molecule has 1 aliphatic rings. The second-order valence-corrected chi connectivity index (χ2v) is 6.96. The van der Waals surface area contributed by atoms with Crippen LogP contribution in [0.5, 0.6) is 0 Å². The van der Waals surface area contributed by atoms with Crippen LogP contribution in [0, 0.1) is 5.92 Å². The normalized spacial score (nSPS) is 14.8. The lowest BCUT2D eigenvalue weighted by Crippen LogP contribution is -2.42. The van der Waals surface area contributed by atoms with Gasteiger partial charge in [-0.1, -0.05) is 57.0 Å². The molecule has 1 N–H and O–H groups in total. The first-order valence-electron chi connectivity index (χ1n) is 9.60. The van der Waals surface area contributed by atoms with Crippen LogP contribution in [0.3, 0.4) is 0 Å². The smallest absolute Gasteiger partial charge is 0.256 e. The fraction of sp³-hybridized carbons (Fsp3) is 0.476. The van der Waals surface area contributed by atoms with Crippen molar-refractivity contribution in [1.29, 1.82) is 0 Å². The van der Waals surface area contributed by atoms with Crippen LogP contribution in [0.2, 0.25) is 0 Å². The minimum atomic E-state index is -0.132. The number of unbranched alkanes of at least 4 members (excludes halogenated alkanes) is 1. The summed E-state index contributed by atoms with van der Waals surface area (Å²) in [4.78, 5) is 34.8. The summed E-state index contributed by atoms with van der Waals surface area (Å²) in [6.07, 6.45) is 4.57. The summed E-state index contributed by atoms with van der Waals surface area (Å²) in [5.74, 6) is 0.841. The summed E-state index contributed by atoms with van der Waals surface area (Å²) in [5.41, 5.74) is 2.22. The first-order valence-corrected chi connectivity index (χ1v) is 9.60. The number of fused-ring (bicyclic) bond motifs is 1. The van der Waals surface area contributed by atoms with E-state index in [1.54, 1.807) is 0 Å². The van der Waals surface area contributed by atoms with Crippen LogP contribution in [0.15, 0.2) is 35.1 Å². The number of aromatic amines is 1. The van der Waals surface area contributed by atoms with Gasteiger partial charge in [0.25, 0.3) is 5.56 Å². The Labute approximate surface area is 154 Å². The zero-order chi connectivity index (χ0) is 18.5. The Bertz CT molecular complexity index is 814. The summed E-state index contributed by atoms with van der Waals surface area (Å²) in [6.45, 7) is 5.22. The van der Waals surface area contributed by atoms with E-state index in [1.807, 2.05) is 35.2 Å². The molecule has 3 rings (SSSR count). The molecule has 0 bridgehead atoms. The Morgan fingerprint density at radius 1 is 1.27 bits per heavy atom. The Morgan fingerprint density at radius 2 is 2.04 bits per heavy atom. The quantitative estimate of drug-likeness (QED) is 0.864. The molecule has 1 aromatic heterocycles. The van der Waals surface area contributed by atoms with Crippen molar-refractivity contribution in [2.45, 2.75) is 52.5 Å². The number of carbonyl (C=O) groups is 1. The SMILES string of the molecule is CCCCC(CC)C(=O)N1CCc2nc(-c3ccccc3)[nH]c(=O)c2C1. The van der Waals surface area contributed by atoms with Crippen molar-refractivity contribution >= 4 is 5.91 Å². The Balaban J connectivity index is 1.81. The Morgan fingerprint density at radius 3 is 2.73 bits per heavy atom. The van der Waals surface area contributed by atoms with Gasteiger partial charge in [0.2, 0.25) is 5.91 Å². The van der Waals surface area contributed by atoms with Gasteiger partial charge >= 0.3 is 0 Å². The number of nitrogens with one attached hydrogen (secondary N) is 1. The third-order valence-electron chi connectivity index (χ3n) is 5.18. The predicted molar refractivity (Wildman–Crippen MR) is 103 cm³/mol. The largest absolute Gasteiger partial charge is 0.337 e. The lowest BCUT2D eigenvalue weighted by atomic mass is 9.96. The fourth-order valence-corrected chi connectivity index (χ4v) is 3.56. The highest BCUT2D eigenvalue weighted by molar-refractivity contribution is 5.79. The van der Waals surface area contributed by atoms with Gasteiger partial charge in [-0.2, -0.15) is 0 Å². The van der Waals surface area contributed by atoms with Crippen molar-refractivity contribution < 1.29 is 4.79 Å². The van der Waals surface area contributed by atoms with E-state index >= 15 is 0 Å². The zero-order valence-electron chi connectivity index (χ0n) is 15.6. The minimum absolute atomic E-state index is 0.0622. The fourth-order valence-electron chi connectivity index (χ4n) is 3.56. The van der Waals surface area contributed by atoms with Crippen LogP contribution in [0.1, 0.15) is 50.8 Å². The molecule has 5 nitrogen and oxygen atoms in total. The molecule has 26 heavy (non-hydrogen) atoms. The van der Waals surface area contributed by atoms with Crippen molar-refractivity contribution in [2.75, 3.05) is 6.54 Å². The van der Waals surface area contributed by atoms with E-state index in [2.05, 4.69) is 23.8 Å². The molecule has 5 heteroatoms. The van der Waals surface area contributed by atoms with Gasteiger partial charge in [0.05, 0.1) is 17.8 Å². The lowest BCUT2D eigenvalue weighted by Gasteiger charge is -2.31. The van der Waals surface area contributed by atoms with E-state index in [9.17, 15) is 9.59 Å². The first-order chi connectivity index (χ1) is 12.6. The van der Waals surface area contributed by atoms with Crippen molar-refractivity contribution in [3.8, 4) is 11.4 Å². The maximum Gasteiger partial charge on any atom is 0.256 e. The Kier molecular flexibility index (Phi) is 5.86. The van der Waals surface area contributed by atoms with E-state index < -0.39 is 0 Å². The van der Waals surface area contributed by atoms with Gasteiger partial charge in [0.1, 0.15) is 5.82 Å². The molecule has 1 atom stereocenters. The number of aromatic nitrogens is 2. The highest BCUT2D eigenvalue weighted by Crippen LogP contribution is 2.22. The van der Waals surface area contributed by atoms with E-state index in [0.717, 1.165) is 36.9 Å². The number of hydrogen-bond donors (Lipinski definition) is 1. The molecule has 2 aromatic rings. The van der Waals surface area contributed by atoms with Gasteiger partial charge in [-0.05, 0) is 12.8 Å². The summed E-state index contributed by atoms with van der Waals surface area (Å²) in [6, 6.07) is 9.66. The average Bonchev–Trinajstić information content (AvgIpc) is 2.68. The third-order valence-corrected chi connectivity index (χ3v) is 5.18. The molecular formula is C21H27N3O2. The van der Waals surface area contributed by atoms with Gasteiger partial charge < -0.3 is 9.88 Å². The van der Waals surface area contributed by atoms with Crippen LogP contribution in [0.25, 0.3) is 11.4 Å². The highest BCUT2D eigenvalue weighted by atomic mass is 16.2. The highest BCUT2D eigenvalue weighted by Gasteiger charge is 2.28. The van der Waals surface area contributed by atoms with Crippen LogP contribution in [-0.4, -0.2) is 27.3 Å². The molecule has 0 aliphatic carbocycles. The number of carbonyl (C=O) groups excluding carboxylic acids is 1. The van der Waals surface area contributed by atoms with Crippen molar-refractivity contribution in [1.82, 2.24) is 14.9 Å². The average molecular weight is 353 g/mol. The summed E-state index contributed by atoms with van der Waals surface area (Å²) >= 11 is 0. The number of benzene rings is 1. The van der Waals surface area contributed by atoms with Crippen LogP contribution < -0.4 is 5.56 Å². The van der Waals surface area contributed by atoms with Crippen LogP contribution in [0.4, 0.5) is 0 Å². The predicted octanol–water partition coefficient (Wildman–Crippen LogP) is 3.54. The Hall–Kier alpha value is -2.43. The van der Waals surface area contributed by atoms with Crippen LogP contribution >= 0.6 is 0 Å². The van der Waals surface area contributed by atoms with Gasteiger partial charge in [0, 0.05) is 24.4 Å². The molecule has 138 valence electrons. The molecule has 0 saturated heterocycles. The molecule has 0 fully saturated rings. The number of amides is 1. The van der Waals surface area contributed by atoms with E-state index in [1.165, 1.54) is 0 Å². The molecular weight excluding hydrogens is 326 g/mol. The van der Waals surface area contributed by atoms with Gasteiger partial charge in [-0.25, -0.2) is 4.98 Å². The van der Waals surface area contributed by atoms with Crippen molar-refractivity contribution in [2.24, 2.45) is 5.92 Å².